The molecule has 0 aliphatic rings. The van der Waals surface area contributed by atoms with E-state index in [1.807, 2.05) is 35.9 Å². The van der Waals surface area contributed by atoms with Crippen molar-refractivity contribution in [1.82, 2.24) is 4.57 Å². The third-order valence-electron chi connectivity index (χ3n) is 3.15. The molecule has 7 heteroatoms. The highest BCUT2D eigenvalue weighted by atomic mass is 32.1. The molecule has 110 valence electrons. The molecule has 0 spiro atoms. The van der Waals surface area contributed by atoms with E-state index >= 15 is 0 Å². The topological polar surface area (TPSA) is 72.8 Å². The van der Waals surface area contributed by atoms with Crippen LogP contribution >= 0.6 is 11.3 Å². The number of aromatic nitrogens is 1. The van der Waals surface area contributed by atoms with Gasteiger partial charge in [0, 0.05) is 24.7 Å². The van der Waals surface area contributed by atoms with Crippen LogP contribution in [0.25, 0.3) is 10.2 Å². The van der Waals surface area contributed by atoms with Gasteiger partial charge in [-0.25, -0.2) is 0 Å². The Kier molecular flexibility index (Phi) is 3.80. The van der Waals surface area contributed by atoms with Gasteiger partial charge in [0.1, 0.15) is 0 Å². The van der Waals surface area contributed by atoms with Gasteiger partial charge >= 0.3 is 0 Å². The molecule has 0 aliphatic carbocycles. The van der Waals surface area contributed by atoms with E-state index in [0.29, 0.717) is 5.56 Å². The summed E-state index contributed by atoms with van der Waals surface area (Å²) in [4.78, 5) is 11.1. The minimum Gasteiger partial charge on any atom is -0.318 e. The Bertz CT molecular complexity index is 940. The Morgan fingerprint density at radius 2 is 2.05 bits per heavy atom. The summed E-state index contributed by atoms with van der Waals surface area (Å²) in [6.45, 7) is 0. The first-order chi connectivity index (χ1) is 10.6. The molecule has 0 aliphatic heterocycles. The normalized spacial score (nSPS) is 12.3. The largest absolute Gasteiger partial charge is 0.318 e. The van der Waals surface area contributed by atoms with E-state index in [4.69, 9.17) is 0 Å². The maximum atomic E-state index is 10.7. The Balaban J connectivity index is 1.93. The van der Waals surface area contributed by atoms with E-state index in [1.165, 1.54) is 18.3 Å². The van der Waals surface area contributed by atoms with Gasteiger partial charge in [-0.2, -0.15) is 5.10 Å². The lowest BCUT2D eigenvalue weighted by Gasteiger charge is -1.93. The summed E-state index contributed by atoms with van der Waals surface area (Å²) in [5, 5.41) is 19.0. The lowest BCUT2D eigenvalue weighted by molar-refractivity contribution is -0.384. The van der Waals surface area contributed by atoms with Gasteiger partial charge in [0.05, 0.1) is 21.4 Å². The summed E-state index contributed by atoms with van der Waals surface area (Å²) >= 11 is 1.54. The molecule has 3 rings (SSSR count). The maximum Gasteiger partial charge on any atom is 0.270 e. The minimum absolute atomic E-state index is 0.0383. The van der Waals surface area contributed by atoms with Gasteiger partial charge in [0.25, 0.3) is 5.69 Å². The van der Waals surface area contributed by atoms with Crippen molar-refractivity contribution in [2.75, 3.05) is 0 Å². The van der Waals surface area contributed by atoms with Gasteiger partial charge in [0.15, 0.2) is 0 Å². The van der Waals surface area contributed by atoms with E-state index < -0.39 is 4.92 Å². The number of nitro benzene ring substituents is 1. The zero-order valence-corrected chi connectivity index (χ0v) is 12.5. The van der Waals surface area contributed by atoms with Crippen LogP contribution in [0.3, 0.4) is 0 Å². The van der Waals surface area contributed by atoms with Gasteiger partial charge in [-0.1, -0.05) is 35.6 Å². The fourth-order valence-electron chi connectivity index (χ4n) is 2.04. The van der Waals surface area contributed by atoms with Crippen LogP contribution in [-0.2, 0) is 7.05 Å². The van der Waals surface area contributed by atoms with Crippen LogP contribution in [0.15, 0.2) is 58.7 Å². The molecule has 6 nitrogen and oxygen atoms in total. The first-order valence-corrected chi connectivity index (χ1v) is 7.33. The Labute approximate surface area is 129 Å². The molecule has 0 amide bonds. The molecule has 1 heterocycles. The summed E-state index contributed by atoms with van der Waals surface area (Å²) < 4.78 is 3.10. The molecule has 0 N–H and O–H groups in total. The standard InChI is InChI=1S/C15H12N4O2S/c1-18-13-7-2-3-8-14(13)22-15(18)17-16-10-11-5-4-6-12(9-11)19(20)21/h2-10H,1H3/b16-10+,17-15-. The van der Waals surface area contributed by atoms with Crippen molar-refractivity contribution in [3.8, 4) is 0 Å². The highest BCUT2D eigenvalue weighted by molar-refractivity contribution is 7.16. The number of fused-ring (bicyclic) bond motifs is 1. The van der Waals surface area contributed by atoms with Crippen molar-refractivity contribution >= 4 is 33.5 Å². The monoisotopic (exact) mass is 312 g/mol. The first kappa shape index (κ1) is 14.2. The number of aryl methyl sites for hydroxylation is 1. The van der Waals surface area contributed by atoms with E-state index in [2.05, 4.69) is 10.2 Å². The van der Waals surface area contributed by atoms with Crippen molar-refractivity contribution in [2.24, 2.45) is 17.3 Å². The lowest BCUT2D eigenvalue weighted by atomic mass is 10.2. The van der Waals surface area contributed by atoms with Crippen LogP contribution in [0.5, 0.6) is 0 Å². The predicted octanol–water partition coefficient (Wildman–Crippen LogP) is 3.08. The third kappa shape index (κ3) is 2.79. The smallest absolute Gasteiger partial charge is 0.270 e. The molecule has 0 saturated heterocycles. The van der Waals surface area contributed by atoms with Crippen LogP contribution in [0.4, 0.5) is 5.69 Å². The fourth-order valence-corrected chi connectivity index (χ4v) is 3.02. The molecule has 1 aromatic heterocycles. The Morgan fingerprint density at radius 1 is 1.23 bits per heavy atom. The van der Waals surface area contributed by atoms with E-state index in [1.54, 1.807) is 23.5 Å². The van der Waals surface area contributed by atoms with Crippen molar-refractivity contribution in [1.29, 1.82) is 0 Å². The summed E-state index contributed by atoms with van der Waals surface area (Å²) in [5.41, 5.74) is 1.77. The van der Waals surface area contributed by atoms with Gasteiger partial charge in [-0.15, -0.1) is 5.10 Å². The quantitative estimate of drug-likeness (QED) is 0.423. The number of nitrogens with zero attached hydrogens (tertiary/aromatic N) is 4. The van der Waals surface area contributed by atoms with Crippen molar-refractivity contribution in [2.45, 2.75) is 0 Å². The summed E-state index contributed by atoms with van der Waals surface area (Å²) in [6, 6.07) is 14.3. The Hall–Kier alpha value is -2.80. The van der Waals surface area contributed by atoms with E-state index in [9.17, 15) is 10.1 Å². The minimum atomic E-state index is -0.430. The maximum absolute atomic E-state index is 10.7. The number of non-ortho nitro benzene ring substituents is 1. The summed E-state index contributed by atoms with van der Waals surface area (Å²) in [6.07, 6.45) is 1.51. The second-order valence-electron chi connectivity index (χ2n) is 4.61. The van der Waals surface area contributed by atoms with Crippen molar-refractivity contribution in [3.05, 3.63) is 69.0 Å². The van der Waals surface area contributed by atoms with Crippen LogP contribution < -0.4 is 4.80 Å². The molecule has 3 aromatic rings. The number of nitro groups is 1. The van der Waals surface area contributed by atoms with E-state index in [-0.39, 0.29) is 5.69 Å². The van der Waals surface area contributed by atoms with Crippen molar-refractivity contribution < 1.29 is 4.92 Å². The molecule has 2 aromatic carbocycles. The molecular formula is C15H12N4O2S. The zero-order valence-electron chi connectivity index (χ0n) is 11.7. The summed E-state index contributed by atoms with van der Waals surface area (Å²) in [5.74, 6) is 0. The molecule has 0 atom stereocenters. The summed E-state index contributed by atoms with van der Waals surface area (Å²) in [7, 11) is 1.93. The van der Waals surface area contributed by atoms with Crippen LogP contribution in [0, 0.1) is 10.1 Å². The molecule has 0 saturated carbocycles. The van der Waals surface area contributed by atoms with Gasteiger partial charge in [-0.05, 0) is 12.1 Å². The first-order valence-electron chi connectivity index (χ1n) is 6.51. The van der Waals surface area contributed by atoms with Crippen LogP contribution in [0.1, 0.15) is 5.56 Å². The van der Waals surface area contributed by atoms with Gasteiger partial charge in [-0.3, -0.25) is 10.1 Å². The lowest BCUT2D eigenvalue weighted by Crippen LogP contribution is -2.08. The average Bonchev–Trinajstić information content (AvgIpc) is 2.85. The average molecular weight is 312 g/mol. The molecule has 0 fully saturated rings. The SMILES string of the molecule is Cn1/c(=N/N=C/c2cccc([N+](=O)[O-])c2)sc2ccccc21. The molecule has 22 heavy (non-hydrogen) atoms. The number of rotatable bonds is 3. The molecule has 0 radical (unpaired) electrons. The van der Waals surface area contributed by atoms with Crippen molar-refractivity contribution in [3.63, 3.8) is 0 Å². The van der Waals surface area contributed by atoms with Gasteiger partial charge < -0.3 is 4.57 Å². The second kappa shape index (κ2) is 5.90. The van der Waals surface area contributed by atoms with E-state index in [0.717, 1.165) is 15.0 Å². The predicted molar refractivity (Wildman–Crippen MR) is 87.0 cm³/mol. The molecule has 0 bridgehead atoms. The number of para-hydroxylation sites is 1. The van der Waals surface area contributed by atoms with Gasteiger partial charge in [0.2, 0.25) is 4.80 Å². The number of hydrogen-bond acceptors (Lipinski definition) is 5. The second-order valence-corrected chi connectivity index (χ2v) is 5.62. The zero-order chi connectivity index (χ0) is 15.5. The fraction of sp³-hybridized carbons (Fsp3) is 0.0667. The number of thiazole rings is 1. The highest BCUT2D eigenvalue weighted by Crippen LogP contribution is 2.15. The number of benzene rings is 2. The highest BCUT2D eigenvalue weighted by Gasteiger charge is 2.04. The van der Waals surface area contributed by atoms with Crippen LogP contribution in [0.2, 0.25) is 0 Å². The van der Waals surface area contributed by atoms with Crippen LogP contribution in [-0.4, -0.2) is 15.7 Å². The number of hydrogen-bond donors (Lipinski definition) is 0. The molecule has 0 unspecified atom stereocenters. The third-order valence-corrected chi connectivity index (χ3v) is 4.25. The molecular weight excluding hydrogens is 300 g/mol. The Morgan fingerprint density at radius 3 is 2.82 bits per heavy atom.